The highest BCUT2D eigenvalue weighted by Gasteiger charge is 2.57. The van der Waals surface area contributed by atoms with Gasteiger partial charge in [0.25, 0.3) is 0 Å². The summed E-state index contributed by atoms with van der Waals surface area (Å²) in [5.74, 6) is 4.15. The van der Waals surface area contributed by atoms with Crippen molar-refractivity contribution in [3.05, 3.63) is 77.3 Å². The SMILES string of the molecule is CCN(CC)CC#Cc1cc2nccc(Oc3ccc(N(C(=O)C4(C(N)=O)CC4)c4ccc(F)cc4)cc3F)c2s1. The third-order valence-electron chi connectivity index (χ3n) is 7.10. The van der Waals surface area contributed by atoms with Crippen LogP contribution in [0.2, 0.25) is 0 Å². The van der Waals surface area contributed by atoms with E-state index in [4.69, 9.17) is 10.5 Å². The molecular weight excluding hydrogens is 546 g/mol. The zero-order chi connectivity index (χ0) is 29.1. The Hall–Kier alpha value is -4.33. The highest BCUT2D eigenvalue weighted by atomic mass is 32.1. The van der Waals surface area contributed by atoms with E-state index >= 15 is 4.39 Å². The quantitative estimate of drug-likeness (QED) is 0.196. The first-order valence-corrected chi connectivity index (χ1v) is 14.0. The molecule has 4 aromatic rings. The number of nitrogens with two attached hydrogens (primary N) is 1. The first kappa shape index (κ1) is 28.2. The molecule has 2 heterocycles. The van der Waals surface area contributed by atoms with Gasteiger partial charge in [-0.1, -0.05) is 25.7 Å². The lowest BCUT2D eigenvalue weighted by Crippen LogP contribution is -2.41. The summed E-state index contributed by atoms with van der Waals surface area (Å²) in [6.45, 7) is 6.68. The van der Waals surface area contributed by atoms with Gasteiger partial charge in [-0.15, -0.1) is 11.3 Å². The molecular formula is C31H28F2N4O3S. The number of rotatable bonds is 9. The Bertz CT molecular complexity index is 1670. The van der Waals surface area contributed by atoms with Crippen LogP contribution in [-0.4, -0.2) is 41.3 Å². The van der Waals surface area contributed by atoms with Gasteiger partial charge < -0.3 is 10.5 Å². The molecule has 1 aliphatic carbocycles. The summed E-state index contributed by atoms with van der Waals surface area (Å²) in [4.78, 5) is 34.2. The van der Waals surface area contributed by atoms with Gasteiger partial charge in [0.1, 0.15) is 17.0 Å². The van der Waals surface area contributed by atoms with Crippen molar-refractivity contribution in [2.24, 2.45) is 11.1 Å². The van der Waals surface area contributed by atoms with Crippen LogP contribution in [0, 0.1) is 28.9 Å². The standard InChI is InChI=1S/C31H28F2N4O3S/c1-3-36(4-2)17-5-6-23-19-25-28(41-23)27(13-16-35-25)40-26-12-11-22(18-24(26)33)37(21-9-7-20(32)8-10-21)30(39)31(14-15-31)29(34)38/h7-13,16,18-19H,3-4,14-15,17H2,1-2H3,(H2,34,38). The molecule has 0 spiro atoms. The average Bonchev–Trinajstić information content (AvgIpc) is 3.68. The maximum atomic E-state index is 15.5. The Balaban J connectivity index is 1.44. The third-order valence-corrected chi connectivity index (χ3v) is 8.15. The fraction of sp³-hybridized carbons (Fsp3) is 0.258. The molecule has 0 aliphatic heterocycles. The number of halogens is 2. The van der Waals surface area contributed by atoms with Gasteiger partial charge in [-0.25, -0.2) is 8.78 Å². The van der Waals surface area contributed by atoms with E-state index in [1.165, 1.54) is 52.6 Å². The van der Waals surface area contributed by atoms with Gasteiger partial charge in [-0.05, 0) is 68.4 Å². The number of amides is 2. The summed E-state index contributed by atoms with van der Waals surface area (Å²) >= 11 is 1.41. The average molecular weight is 575 g/mol. The normalized spacial score (nSPS) is 13.5. The zero-order valence-corrected chi connectivity index (χ0v) is 23.4. The first-order chi connectivity index (χ1) is 19.8. The van der Waals surface area contributed by atoms with Gasteiger partial charge in [0.2, 0.25) is 11.8 Å². The maximum Gasteiger partial charge on any atom is 0.247 e. The number of fused-ring (bicyclic) bond motifs is 1. The number of primary amides is 1. The van der Waals surface area contributed by atoms with Crippen LogP contribution >= 0.6 is 11.3 Å². The highest BCUT2D eigenvalue weighted by molar-refractivity contribution is 7.19. The van der Waals surface area contributed by atoms with Crippen molar-refractivity contribution in [3.8, 4) is 23.3 Å². The molecule has 5 rings (SSSR count). The number of anilines is 2. The number of nitrogens with zero attached hydrogens (tertiary/aromatic N) is 3. The molecule has 1 aliphatic rings. The van der Waals surface area contributed by atoms with Crippen molar-refractivity contribution in [2.75, 3.05) is 24.5 Å². The number of hydrogen-bond donors (Lipinski definition) is 1. The second kappa shape index (κ2) is 11.6. The lowest BCUT2D eigenvalue weighted by Gasteiger charge is -2.26. The Morgan fingerprint density at radius 2 is 1.73 bits per heavy atom. The van der Waals surface area contributed by atoms with E-state index in [2.05, 4.69) is 35.6 Å². The van der Waals surface area contributed by atoms with Crippen molar-refractivity contribution in [2.45, 2.75) is 26.7 Å². The van der Waals surface area contributed by atoms with Crippen molar-refractivity contribution in [3.63, 3.8) is 0 Å². The molecule has 0 bridgehead atoms. The smallest absolute Gasteiger partial charge is 0.247 e. The van der Waals surface area contributed by atoms with E-state index in [9.17, 15) is 14.0 Å². The van der Waals surface area contributed by atoms with Crippen molar-refractivity contribution >= 4 is 44.7 Å². The molecule has 2 amide bonds. The highest BCUT2D eigenvalue weighted by Crippen LogP contribution is 2.49. The molecule has 1 fully saturated rings. The topological polar surface area (TPSA) is 88.8 Å². The van der Waals surface area contributed by atoms with Crippen molar-refractivity contribution < 1.29 is 23.1 Å². The molecule has 2 aromatic heterocycles. The summed E-state index contributed by atoms with van der Waals surface area (Å²) in [6.07, 6.45) is 2.17. The monoisotopic (exact) mass is 574 g/mol. The molecule has 0 radical (unpaired) electrons. The summed E-state index contributed by atoms with van der Waals surface area (Å²) < 4.78 is 35.8. The van der Waals surface area contributed by atoms with Crippen LogP contribution in [0.25, 0.3) is 10.2 Å². The minimum atomic E-state index is -1.37. The van der Waals surface area contributed by atoms with Crippen LogP contribution in [0.15, 0.2) is 60.8 Å². The molecule has 2 N–H and O–H groups in total. The minimum absolute atomic E-state index is 0.0636. The fourth-order valence-electron chi connectivity index (χ4n) is 4.45. The number of thiophene rings is 1. The van der Waals surface area contributed by atoms with Crippen LogP contribution in [0.3, 0.4) is 0 Å². The van der Waals surface area contributed by atoms with Crippen LogP contribution in [0.4, 0.5) is 20.2 Å². The zero-order valence-electron chi connectivity index (χ0n) is 22.6. The van der Waals surface area contributed by atoms with Gasteiger partial charge in [-0.3, -0.25) is 24.4 Å². The molecule has 10 heteroatoms. The number of carbonyl (C=O) groups excluding carboxylic acids is 2. The van der Waals surface area contributed by atoms with Crippen LogP contribution in [0.1, 0.15) is 31.6 Å². The Morgan fingerprint density at radius 1 is 1.02 bits per heavy atom. The minimum Gasteiger partial charge on any atom is -0.453 e. The Morgan fingerprint density at radius 3 is 2.37 bits per heavy atom. The Kier molecular flexibility index (Phi) is 8.01. The van der Waals surface area contributed by atoms with Gasteiger partial charge in [0, 0.05) is 24.0 Å². The van der Waals surface area contributed by atoms with Crippen molar-refractivity contribution in [1.82, 2.24) is 9.88 Å². The molecule has 0 saturated heterocycles. The number of aromatic nitrogens is 1. The Labute approximate surface area is 240 Å². The number of ether oxygens (including phenoxy) is 1. The number of pyridine rings is 1. The molecule has 0 atom stereocenters. The summed E-state index contributed by atoms with van der Waals surface area (Å²) in [6, 6.07) is 12.7. The number of hydrogen-bond acceptors (Lipinski definition) is 6. The lowest BCUT2D eigenvalue weighted by atomic mass is 10.0. The van der Waals surface area contributed by atoms with Crippen molar-refractivity contribution in [1.29, 1.82) is 0 Å². The van der Waals surface area contributed by atoms with E-state index in [0.29, 0.717) is 30.7 Å². The third kappa shape index (κ3) is 5.78. The molecule has 7 nitrogen and oxygen atoms in total. The largest absolute Gasteiger partial charge is 0.453 e. The number of carbonyl (C=O) groups is 2. The molecule has 0 unspecified atom stereocenters. The predicted molar refractivity (Wildman–Crippen MR) is 155 cm³/mol. The summed E-state index contributed by atoms with van der Waals surface area (Å²) in [5, 5.41) is 0. The second-order valence-electron chi connectivity index (χ2n) is 9.68. The molecule has 1 saturated carbocycles. The number of benzene rings is 2. The summed E-state index contributed by atoms with van der Waals surface area (Å²) in [7, 11) is 0. The van der Waals surface area contributed by atoms with E-state index in [1.807, 2.05) is 6.07 Å². The van der Waals surface area contributed by atoms with E-state index in [-0.39, 0.29) is 17.1 Å². The van der Waals surface area contributed by atoms with E-state index in [1.54, 1.807) is 12.3 Å². The predicted octanol–water partition coefficient (Wildman–Crippen LogP) is 5.99. The fourth-order valence-corrected chi connectivity index (χ4v) is 5.39. The van der Waals surface area contributed by atoms with Crippen LogP contribution in [0.5, 0.6) is 11.5 Å². The van der Waals surface area contributed by atoms with E-state index < -0.39 is 28.9 Å². The van der Waals surface area contributed by atoms with Gasteiger partial charge >= 0.3 is 0 Å². The summed E-state index contributed by atoms with van der Waals surface area (Å²) in [5.41, 5.74) is 5.29. The second-order valence-corrected chi connectivity index (χ2v) is 10.7. The molecule has 210 valence electrons. The van der Waals surface area contributed by atoms with E-state index in [0.717, 1.165) is 28.7 Å². The van der Waals surface area contributed by atoms with Crippen LogP contribution in [-0.2, 0) is 9.59 Å². The molecule has 41 heavy (non-hydrogen) atoms. The lowest BCUT2D eigenvalue weighted by molar-refractivity contribution is -0.133. The van der Waals surface area contributed by atoms with Gasteiger partial charge in [0.15, 0.2) is 11.6 Å². The van der Waals surface area contributed by atoms with Gasteiger partial charge in [0.05, 0.1) is 27.3 Å². The molecule has 2 aromatic carbocycles. The first-order valence-electron chi connectivity index (χ1n) is 13.2. The van der Waals surface area contributed by atoms with Gasteiger partial charge in [-0.2, -0.15) is 0 Å². The maximum absolute atomic E-state index is 15.5. The van der Waals surface area contributed by atoms with Crippen LogP contribution < -0.4 is 15.4 Å².